The summed E-state index contributed by atoms with van der Waals surface area (Å²) in [6.45, 7) is 4.74. The molecule has 0 saturated heterocycles. The fraction of sp³-hybridized carbons (Fsp3) is 0.640. The fourth-order valence-corrected chi connectivity index (χ4v) is 3.86. The minimum absolute atomic E-state index is 0.151. The lowest BCUT2D eigenvalue weighted by Gasteiger charge is -2.22. The van der Waals surface area contributed by atoms with E-state index in [9.17, 15) is 23.6 Å². The molecule has 180 valence electrons. The van der Waals surface area contributed by atoms with Crippen LogP contribution >= 0.6 is 0 Å². The molecular formula is C25H37F2NO4. The lowest BCUT2D eigenvalue weighted by molar-refractivity contribution is -0.137. The molecule has 0 heterocycles. The molecule has 0 radical (unpaired) electrons. The van der Waals surface area contributed by atoms with Gasteiger partial charge in [0.15, 0.2) is 0 Å². The summed E-state index contributed by atoms with van der Waals surface area (Å²) in [5, 5.41) is 21.9. The van der Waals surface area contributed by atoms with E-state index in [1.54, 1.807) is 13.0 Å². The Morgan fingerprint density at radius 1 is 1.25 bits per heavy atom. The summed E-state index contributed by atoms with van der Waals surface area (Å²) < 4.78 is 23.8. The molecule has 1 saturated carbocycles. The summed E-state index contributed by atoms with van der Waals surface area (Å²) in [5.74, 6) is 4.32. The maximum absolute atomic E-state index is 12.9. The second-order valence-electron chi connectivity index (χ2n) is 7.86. The third-order valence-corrected chi connectivity index (χ3v) is 5.54. The minimum atomic E-state index is -0.858. The normalized spacial score (nSPS) is 21.2. The number of carboxylic acids is 1. The molecule has 0 aromatic carbocycles. The quantitative estimate of drug-likeness (QED) is 0.113. The molecule has 1 unspecified atom stereocenters. The predicted molar refractivity (Wildman–Crippen MR) is 124 cm³/mol. The van der Waals surface area contributed by atoms with Crippen molar-refractivity contribution in [1.82, 2.24) is 0 Å². The van der Waals surface area contributed by atoms with Gasteiger partial charge in [0.05, 0.1) is 6.04 Å². The van der Waals surface area contributed by atoms with Gasteiger partial charge in [0.2, 0.25) is 0 Å². The predicted octanol–water partition coefficient (Wildman–Crippen LogP) is 6.29. The van der Waals surface area contributed by atoms with Crippen molar-refractivity contribution in [1.29, 1.82) is 0 Å². The van der Waals surface area contributed by atoms with Gasteiger partial charge < -0.3 is 10.2 Å². The van der Waals surface area contributed by atoms with E-state index in [-0.39, 0.29) is 25.1 Å². The van der Waals surface area contributed by atoms with Crippen molar-refractivity contribution in [2.45, 2.75) is 83.3 Å². The molecule has 0 aromatic rings. The van der Waals surface area contributed by atoms with Gasteiger partial charge in [-0.15, -0.1) is 0 Å². The van der Waals surface area contributed by atoms with Crippen LogP contribution in [0.15, 0.2) is 41.9 Å². The number of aliphatic hydroxyl groups excluding tert-OH is 1. The molecular weight excluding hydrogens is 416 g/mol. The lowest BCUT2D eigenvalue weighted by atomic mass is 9.85. The maximum atomic E-state index is 12.9. The number of carboxylic acid groups (broad SMARTS) is 1. The molecule has 1 aliphatic carbocycles. The molecule has 1 rings (SSSR count). The number of nitroso groups, excluding NO2 is 1. The Morgan fingerprint density at radius 2 is 1.97 bits per heavy atom. The van der Waals surface area contributed by atoms with Crippen molar-refractivity contribution in [3.8, 4) is 11.8 Å². The highest BCUT2D eigenvalue weighted by Gasteiger charge is 2.36. The Labute approximate surface area is 190 Å². The molecule has 0 aromatic heterocycles. The topological polar surface area (TPSA) is 87.0 Å². The molecule has 4 atom stereocenters. The van der Waals surface area contributed by atoms with E-state index in [2.05, 4.69) is 23.6 Å². The zero-order valence-corrected chi connectivity index (χ0v) is 19.0. The van der Waals surface area contributed by atoms with Gasteiger partial charge in [-0.3, -0.25) is 4.79 Å². The van der Waals surface area contributed by atoms with Crippen LogP contribution in [0.5, 0.6) is 0 Å². The molecule has 7 heteroatoms. The van der Waals surface area contributed by atoms with Crippen LogP contribution in [-0.4, -0.2) is 35.0 Å². The van der Waals surface area contributed by atoms with Gasteiger partial charge in [0.25, 0.3) is 0 Å². The molecule has 1 fully saturated rings. The van der Waals surface area contributed by atoms with Gasteiger partial charge >= 0.3 is 5.97 Å². The Kier molecular flexibility index (Phi) is 18.0. The van der Waals surface area contributed by atoms with E-state index in [1.165, 1.54) is 6.08 Å². The Bertz CT molecular complexity index is 667. The molecule has 32 heavy (non-hydrogen) atoms. The number of hydrogen-bond acceptors (Lipinski definition) is 4. The first-order valence-corrected chi connectivity index (χ1v) is 11.3. The Balaban J connectivity index is 0.00000172. The van der Waals surface area contributed by atoms with Crippen LogP contribution in [0, 0.1) is 28.6 Å². The van der Waals surface area contributed by atoms with Crippen LogP contribution in [0.3, 0.4) is 0 Å². The Morgan fingerprint density at radius 3 is 2.53 bits per heavy atom. The van der Waals surface area contributed by atoms with Crippen molar-refractivity contribution < 1.29 is 23.8 Å². The second-order valence-corrected chi connectivity index (χ2v) is 7.86. The number of allylic oxidation sites excluding steroid dienone is 5. The summed E-state index contributed by atoms with van der Waals surface area (Å²) in [5.41, 5.74) is 0. The van der Waals surface area contributed by atoms with E-state index in [0.29, 0.717) is 25.2 Å². The van der Waals surface area contributed by atoms with Crippen LogP contribution in [0.1, 0.15) is 71.1 Å². The smallest absolute Gasteiger partial charge is 0.303 e. The van der Waals surface area contributed by atoms with Crippen LogP contribution in [0.4, 0.5) is 8.78 Å². The van der Waals surface area contributed by atoms with Crippen molar-refractivity contribution in [2.24, 2.45) is 17.0 Å². The number of aliphatic carboxylic acids is 1. The highest BCUT2D eigenvalue weighted by Crippen LogP contribution is 2.40. The van der Waals surface area contributed by atoms with Crippen molar-refractivity contribution in [2.75, 3.05) is 6.67 Å². The van der Waals surface area contributed by atoms with Gasteiger partial charge in [0.1, 0.15) is 18.6 Å². The SMILES string of the molecule is C/C=C\CF.C=C/C(F)=C/C#CC(O)CC[C@@H]1[C@@H](CCCCCCC(=O)O)CC[C@H]1N=O. The van der Waals surface area contributed by atoms with Crippen LogP contribution in [0.2, 0.25) is 0 Å². The van der Waals surface area contributed by atoms with E-state index in [4.69, 9.17) is 5.11 Å². The third kappa shape index (κ3) is 14.6. The number of alkyl halides is 1. The summed E-state index contributed by atoms with van der Waals surface area (Å²) in [6, 6.07) is -0.208. The van der Waals surface area contributed by atoms with Crippen LogP contribution in [0.25, 0.3) is 0 Å². The van der Waals surface area contributed by atoms with Crippen LogP contribution < -0.4 is 0 Å². The highest BCUT2D eigenvalue weighted by atomic mass is 19.1. The van der Waals surface area contributed by atoms with Gasteiger partial charge in [-0.25, -0.2) is 8.78 Å². The van der Waals surface area contributed by atoms with E-state index in [1.807, 2.05) is 0 Å². The number of nitrogens with zero attached hydrogens (tertiary/aromatic N) is 1. The highest BCUT2D eigenvalue weighted by molar-refractivity contribution is 5.66. The first-order chi connectivity index (χ1) is 15.4. The number of carbonyl (C=O) groups is 1. The standard InChI is InChI=1S/C21H30FNO4.C4H7F/c1-2-17(22)9-7-10-18(24)13-14-19-16(12-15-20(19)23-27)8-5-3-4-6-11-21(25)26;1-2-3-4-5/h2,9,16,18-20,24H,1,3-6,8,11-15H2,(H,25,26);2-3H,4H2,1H3/b17-9-;3-2-/t16-,18?,19+,20+;/m0./s1. The molecule has 0 spiro atoms. The summed E-state index contributed by atoms with van der Waals surface area (Å²) in [7, 11) is 0. The van der Waals surface area contributed by atoms with E-state index < -0.39 is 17.9 Å². The van der Waals surface area contributed by atoms with Gasteiger partial charge in [-0.05, 0) is 56.9 Å². The first kappa shape index (κ1) is 29.7. The summed E-state index contributed by atoms with van der Waals surface area (Å²) >= 11 is 0. The average molecular weight is 454 g/mol. The van der Waals surface area contributed by atoms with Crippen molar-refractivity contribution >= 4 is 5.97 Å². The van der Waals surface area contributed by atoms with Gasteiger partial charge in [-0.2, -0.15) is 4.91 Å². The fourth-order valence-electron chi connectivity index (χ4n) is 3.86. The molecule has 0 amide bonds. The zero-order chi connectivity index (χ0) is 24.2. The number of hydrogen-bond donors (Lipinski definition) is 2. The number of unbranched alkanes of at least 4 members (excludes halogenated alkanes) is 3. The molecule has 0 aliphatic heterocycles. The van der Waals surface area contributed by atoms with Crippen LogP contribution in [-0.2, 0) is 4.79 Å². The average Bonchev–Trinajstić information content (AvgIpc) is 3.17. The summed E-state index contributed by atoms with van der Waals surface area (Å²) in [6.07, 6.45) is 12.1. The van der Waals surface area contributed by atoms with Crippen molar-refractivity contribution in [3.63, 3.8) is 0 Å². The third-order valence-electron chi connectivity index (χ3n) is 5.54. The minimum Gasteiger partial charge on any atom is -0.481 e. The van der Waals surface area contributed by atoms with Crippen molar-refractivity contribution in [3.05, 3.63) is 41.6 Å². The number of aliphatic hydroxyl groups is 1. The number of halogens is 2. The Hall–Kier alpha value is -2.33. The maximum Gasteiger partial charge on any atom is 0.303 e. The summed E-state index contributed by atoms with van der Waals surface area (Å²) in [4.78, 5) is 21.6. The lowest BCUT2D eigenvalue weighted by Crippen LogP contribution is -2.20. The van der Waals surface area contributed by atoms with Gasteiger partial charge in [-0.1, -0.05) is 61.4 Å². The van der Waals surface area contributed by atoms with E-state index in [0.717, 1.165) is 50.7 Å². The molecule has 2 N–H and O–H groups in total. The monoisotopic (exact) mass is 453 g/mol. The number of rotatable bonds is 13. The largest absolute Gasteiger partial charge is 0.481 e. The van der Waals surface area contributed by atoms with Gasteiger partial charge in [0, 0.05) is 12.5 Å². The second kappa shape index (κ2) is 19.4. The first-order valence-electron chi connectivity index (χ1n) is 11.3. The molecule has 5 nitrogen and oxygen atoms in total. The molecule has 0 bridgehead atoms. The van der Waals surface area contributed by atoms with E-state index >= 15 is 0 Å². The molecule has 1 aliphatic rings. The zero-order valence-electron chi connectivity index (χ0n) is 19.0.